The molecule has 3 heteroatoms. The molecule has 0 amide bonds. The lowest BCUT2D eigenvalue weighted by Crippen LogP contribution is -2.21. The van der Waals surface area contributed by atoms with E-state index in [4.69, 9.17) is 5.11 Å². The van der Waals surface area contributed by atoms with E-state index in [1.165, 1.54) is 0 Å². The molecule has 3 nitrogen and oxygen atoms in total. The highest BCUT2D eigenvalue weighted by Gasteiger charge is 2.28. The van der Waals surface area contributed by atoms with Gasteiger partial charge in [-0.3, -0.25) is 0 Å². The maximum absolute atomic E-state index is 10.9. The van der Waals surface area contributed by atoms with Crippen molar-refractivity contribution in [3.05, 3.63) is 76.4 Å². The number of nitriles is 1. The Morgan fingerprint density at radius 3 is 2.36 bits per heavy atom. The first kappa shape index (κ1) is 16.6. The van der Waals surface area contributed by atoms with Gasteiger partial charge in [-0.25, -0.2) is 4.79 Å². The van der Waals surface area contributed by atoms with Crippen LogP contribution in [0.1, 0.15) is 52.9 Å². The Morgan fingerprint density at radius 2 is 1.72 bits per heavy atom. The Balaban J connectivity index is 1.95. The predicted octanol–water partition coefficient (Wildman–Crippen LogP) is 4.37. The molecule has 122 valence electrons. The topological polar surface area (TPSA) is 61.1 Å². The van der Waals surface area contributed by atoms with Gasteiger partial charge in [-0.2, -0.15) is 5.26 Å². The summed E-state index contributed by atoms with van der Waals surface area (Å²) >= 11 is 0. The van der Waals surface area contributed by atoms with Gasteiger partial charge in [-0.05, 0) is 59.4 Å². The highest BCUT2D eigenvalue weighted by Crippen LogP contribution is 2.38. The number of carbonyl (C=O) groups is 1. The normalized spacial score (nSPS) is 14.4. The van der Waals surface area contributed by atoms with Crippen molar-refractivity contribution >= 4 is 11.5 Å². The van der Waals surface area contributed by atoms with E-state index in [0.29, 0.717) is 0 Å². The minimum atomic E-state index is -0.947. The van der Waals surface area contributed by atoms with Crippen molar-refractivity contribution in [3.63, 3.8) is 0 Å². The lowest BCUT2D eigenvalue weighted by atomic mass is 9.73. The van der Waals surface area contributed by atoms with Crippen LogP contribution in [-0.4, -0.2) is 11.1 Å². The number of hydrogen-bond acceptors (Lipinski definition) is 2. The van der Waals surface area contributed by atoms with Crippen molar-refractivity contribution in [2.45, 2.75) is 25.7 Å². The van der Waals surface area contributed by atoms with Crippen LogP contribution in [0.2, 0.25) is 0 Å². The van der Waals surface area contributed by atoms with Crippen LogP contribution in [0.3, 0.4) is 0 Å². The average molecular weight is 327 g/mol. The molecule has 0 bridgehead atoms. The Morgan fingerprint density at radius 1 is 1.08 bits per heavy atom. The first-order valence-corrected chi connectivity index (χ1v) is 8.01. The van der Waals surface area contributed by atoms with Crippen molar-refractivity contribution in [1.29, 1.82) is 5.26 Å². The quantitative estimate of drug-likeness (QED) is 0.791. The van der Waals surface area contributed by atoms with Crippen molar-refractivity contribution in [1.82, 2.24) is 0 Å². The zero-order valence-corrected chi connectivity index (χ0v) is 14.1. The lowest BCUT2D eigenvalue weighted by Gasteiger charge is -2.30. The number of allylic oxidation sites excluding steroid dienone is 2. The fraction of sp³-hybridized carbons (Fsp3) is 0.182. The van der Waals surface area contributed by atoms with Gasteiger partial charge < -0.3 is 5.11 Å². The number of carboxylic acid groups (broad SMARTS) is 1. The second kappa shape index (κ2) is 6.30. The first-order chi connectivity index (χ1) is 11.9. The molecule has 2 aromatic carbocycles. The summed E-state index contributed by atoms with van der Waals surface area (Å²) in [6.45, 7) is 4.33. The van der Waals surface area contributed by atoms with Crippen molar-refractivity contribution in [2.75, 3.05) is 0 Å². The zero-order valence-electron chi connectivity index (χ0n) is 14.1. The van der Waals surface area contributed by atoms with Crippen LogP contribution in [-0.2, 0) is 5.41 Å². The number of rotatable bonds is 1. The van der Waals surface area contributed by atoms with E-state index in [0.717, 1.165) is 34.2 Å². The fourth-order valence-electron chi connectivity index (χ4n) is 2.94. The molecule has 0 spiro atoms. The third-order valence-corrected chi connectivity index (χ3v) is 4.46. The van der Waals surface area contributed by atoms with Crippen LogP contribution in [0.4, 0.5) is 0 Å². The number of aromatic carboxylic acids is 1. The molecule has 0 fully saturated rings. The number of carboxylic acids is 1. The van der Waals surface area contributed by atoms with Gasteiger partial charge in [-0.1, -0.05) is 37.8 Å². The van der Waals surface area contributed by atoms with Gasteiger partial charge in [0.1, 0.15) is 0 Å². The van der Waals surface area contributed by atoms with E-state index in [2.05, 4.69) is 37.8 Å². The molecule has 0 saturated carbocycles. The number of hydrogen-bond donors (Lipinski definition) is 1. The van der Waals surface area contributed by atoms with E-state index in [9.17, 15) is 10.1 Å². The third-order valence-electron chi connectivity index (χ3n) is 4.46. The highest BCUT2D eigenvalue weighted by molar-refractivity contribution is 5.87. The molecule has 0 atom stereocenters. The largest absolute Gasteiger partial charge is 0.478 e. The molecule has 3 rings (SSSR count). The molecular formula is C22H17NO2. The van der Waals surface area contributed by atoms with Crippen LogP contribution in [0.15, 0.2) is 48.5 Å². The molecule has 25 heavy (non-hydrogen) atoms. The maximum atomic E-state index is 10.9. The summed E-state index contributed by atoms with van der Waals surface area (Å²) in [5.74, 6) is 5.25. The van der Waals surface area contributed by atoms with Gasteiger partial charge in [0.2, 0.25) is 0 Å². The minimum absolute atomic E-state index is 0.0312. The van der Waals surface area contributed by atoms with Crippen molar-refractivity contribution in [3.8, 4) is 17.9 Å². The maximum Gasteiger partial charge on any atom is 0.335 e. The van der Waals surface area contributed by atoms with Gasteiger partial charge in [0, 0.05) is 11.1 Å². The molecule has 0 saturated heterocycles. The van der Waals surface area contributed by atoms with Gasteiger partial charge in [0.05, 0.1) is 17.2 Å². The molecule has 1 aliphatic carbocycles. The minimum Gasteiger partial charge on any atom is -0.478 e. The molecule has 0 heterocycles. The van der Waals surface area contributed by atoms with Crippen LogP contribution in [0, 0.1) is 23.2 Å². The lowest BCUT2D eigenvalue weighted by molar-refractivity contribution is 0.0697. The summed E-state index contributed by atoms with van der Waals surface area (Å²) in [4.78, 5) is 10.9. The number of fused-ring (bicyclic) bond motifs is 1. The second-order valence-corrected chi connectivity index (χ2v) is 6.71. The smallest absolute Gasteiger partial charge is 0.335 e. The summed E-state index contributed by atoms with van der Waals surface area (Å²) in [5.41, 5.74) is 4.70. The molecule has 0 aliphatic heterocycles. The molecule has 0 radical (unpaired) electrons. The van der Waals surface area contributed by atoms with Crippen molar-refractivity contribution in [2.24, 2.45) is 0 Å². The Hall–Kier alpha value is -3.30. The van der Waals surface area contributed by atoms with E-state index in [1.54, 1.807) is 24.3 Å². The summed E-state index contributed by atoms with van der Waals surface area (Å²) in [7, 11) is 0. The molecule has 0 aromatic heterocycles. The summed E-state index contributed by atoms with van der Waals surface area (Å²) in [6, 6.07) is 14.7. The van der Waals surface area contributed by atoms with Crippen LogP contribution >= 0.6 is 0 Å². The average Bonchev–Trinajstić information content (AvgIpc) is 2.60. The summed E-state index contributed by atoms with van der Waals surface area (Å²) in [5, 5.41) is 18.2. The highest BCUT2D eigenvalue weighted by atomic mass is 16.4. The monoisotopic (exact) mass is 327 g/mol. The second-order valence-electron chi connectivity index (χ2n) is 6.71. The van der Waals surface area contributed by atoms with E-state index in [-0.39, 0.29) is 11.0 Å². The molecular weight excluding hydrogens is 310 g/mol. The van der Waals surface area contributed by atoms with Gasteiger partial charge in [-0.15, -0.1) is 0 Å². The Kier molecular flexibility index (Phi) is 4.17. The van der Waals surface area contributed by atoms with Crippen molar-refractivity contribution < 1.29 is 9.90 Å². The summed E-state index contributed by atoms with van der Waals surface area (Å²) < 4.78 is 0. The zero-order chi connectivity index (χ0) is 18.0. The fourth-order valence-corrected chi connectivity index (χ4v) is 2.94. The summed E-state index contributed by atoms with van der Waals surface area (Å²) in [6.07, 6.45) is 2.83. The molecule has 0 unspecified atom stereocenters. The third kappa shape index (κ3) is 3.32. The molecule has 2 aromatic rings. The van der Waals surface area contributed by atoms with Crippen LogP contribution < -0.4 is 0 Å². The Bertz CT molecular complexity index is 977. The number of benzene rings is 2. The number of nitrogens with zero attached hydrogens (tertiary/aromatic N) is 1. The molecule has 1 aliphatic rings. The predicted molar refractivity (Wildman–Crippen MR) is 97.1 cm³/mol. The van der Waals surface area contributed by atoms with E-state index >= 15 is 0 Å². The van der Waals surface area contributed by atoms with Crippen LogP contribution in [0.25, 0.3) is 5.57 Å². The van der Waals surface area contributed by atoms with E-state index < -0.39 is 5.97 Å². The van der Waals surface area contributed by atoms with Gasteiger partial charge in [0.15, 0.2) is 0 Å². The Labute approximate surface area is 147 Å². The first-order valence-electron chi connectivity index (χ1n) is 8.01. The van der Waals surface area contributed by atoms with E-state index in [1.807, 2.05) is 18.2 Å². The van der Waals surface area contributed by atoms with Gasteiger partial charge >= 0.3 is 5.97 Å². The van der Waals surface area contributed by atoms with Gasteiger partial charge in [0.25, 0.3) is 0 Å². The molecule has 1 N–H and O–H groups in total. The van der Waals surface area contributed by atoms with Crippen LogP contribution in [0.5, 0.6) is 0 Å². The SMILES string of the molecule is CC1(C)CC=C(C#N)c2ccc(C#Cc3ccc(C(=O)O)cc3)cc21. The standard InChI is InChI=1S/C22H17NO2/c1-22(2)12-11-18(14-23)19-10-7-16(13-20(19)22)4-3-15-5-8-17(9-6-15)21(24)25/h5-11,13H,12H2,1-2H3,(H,24,25).